The van der Waals surface area contributed by atoms with E-state index in [4.69, 9.17) is 10.1 Å². The Hall–Kier alpha value is -2.87. The normalized spacial score (nSPS) is 12.9. The Labute approximate surface area is 140 Å². The first-order valence-electron chi connectivity index (χ1n) is 7.29. The van der Waals surface area contributed by atoms with Crippen molar-refractivity contribution < 1.29 is 9.84 Å². The molecule has 3 N–H and O–H groups in total. The molecular weight excluding hydrogens is 328 g/mol. The van der Waals surface area contributed by atoms with Crippen molar-refractivity contribution in [2.24, 2.45) is 0 Å². The molecule has 0 spiro atoms. The summed E-state index contributed by atoms with van der Waals surface area (Å²) in [6.45, 7) is 2.01. The second-order valence-electron chi connectivity index (χ2n) is 5.06. The van der Waals surface area contributed by atoms with Crippen LogP contribution in [-0.2, 0) is 0 Å². The lowest BCUT2D eigenvalue weighted by Gasteiger charge is -2.04. The number of H-pyrrole nitrogens is 1. The van der Waals surface area contributed by atoms with E-state index in [1.807, 2.05) is 13.0 Å². The molecule has 2 aliphatic heterocycles. The molecule has 0 fully saturated rings. The highest BCUT2D eigenvalue weighted by atomic mass is 32.1. The fraction of sp³-hybridized carbons (Fsp3) is 0.188. The summed E-state index contributed by atoms with van der Waals surface area (Å²) in [6.07, 6.45) is 4.37. The van der Waals surface area contributed by atoms with Gasteiger partial charge in [0, 0.05) is 0 Å². The molecule has 0 amide bonds. The molecule has 7 nitrogen and oxygen atoms in total. The number of aromatic amines is 1. The van der Waals surface area contributed by atoms with Gasteiger partial charge in [-0.15, -0.1) is 0 Å². The lowest BCUT2D eigenvalue weighted by Crippen LogP contribution is -2.47. The quantitative estimate of drug-likeness (QED) is 0.634. The number of aromatic hydroxyl groups is 1. The molecule has 0 aliphatic carbocycles. The molecule has 2 heterocycles. The lowest BCUT2D eigenvalue weighted by atomic mass is 10.1. The van der Waals surface area contributed by atoms with Gasteiger partial charge in [0.05, 0.1) is 12.3 Å². The van der Waals surface area contributed by atoms with Gasteiger partial charge in [-0.3, -0.25) is 15.3 Å². The van der Waals surface area contributed by atoms with Crippen LogP contribution in [0, 0.1) is 5.41 Å². The van der Waals surface area contributed by atoms with E-state index in [1.165, 1.54) is 29.2 Å². The number of phenols is 1. The van der Waals surface area contributed by atoms with Gasteiger partial charge in [-0.25, -0.2) is 4.68 Å². The van der Waals surface area contributed by atoms with Gasteiger partial charge in [0.2, 0.25) is 5.13 Å². The Balaban J connectivity index is 2.27. The third kappa shape index (κ3) is 2.83. The van der Waals surface area contributed by atoms with Gasteiger partial charge in [-0.1, -0.05) is 24.3 Å². The number of ether oxygens (including phenoxy) is 1. The number of phenolic OH excluding ortho intramolecular Hbond substituents is 1. The van der Waals surface area contributed by atoms with Gasteiger partial charge in [0.1, 0.15) is 4.66 Å². The van der Waals surface area contributed by atoms with Crippen LogP contribution in [0.1, 0.15) is 18.9 Å². The molecule has 0 atom stereocenters. The summed E-state index contributed by atoms with van der Waals surface area (Å²) in [5.74, 6) is 0.309. The smallest absolute Gasteiger partial charge is 0.283 e. The predicted octanol–water partition coefficient (Wildman–Crippen LogP) is 0.273. The maximum Gasteiger partial charge on any atom is 0.283 e. The van der Waals surface area contributed by atoms with Gasteiger partial charge in [-0.2, -0.15) is 4.98 Å². The molecule has 0 unspecified atom stereocenters. The Bertz CT molecular complexity index is 1090. The number of hydrogen-bond acceptors (Lipinski definition) is 6. The average Bonchev–Trinajstić information content (AvgIpc) is 2.96. The van der Waals surface area contributed by atoms with E-state index < -0.39 is 5.56 Å². The zero-order valence-corrected chi connectivity index (χ0v) is 14.0. The second-order valence-corrected chi connectivity index (χ2v) is 6.07. The maximum absolute atomic E-state index is 12.3. The topological polar surface area (TPSA) is 104 Å². The molecule has 0 aromatic heterocycles. The van der Waals surface area contributed by atoms with E-state index in [9.17, 15) is 9.90 Å². The van der Waals surface area contributed by atoms with Crippen molar-refractivity contribution in [1.29, 1.82) is 5.41 Å². The first-order chi connectivity index (χ1) is 11.5. The summed E-state index contributed by atoms with van der Waals surface area (Å²) in [7, 11) is 1.45. The van der Waals surface area contributed by atoms with Crippen LogP contribution >= 0.6 is 11.3 Å². The fourth-order valence-corrected chi connectivity index (χ4v) is 3.21. The number of rotatable bonds is 3. The molecule has 0 bridgehead atoms. The molecule has 24 heavy (non-hydrogen) atoms. The Morgan fingerprint density at radius 3 is 3.00 bits per heavy atom. The summed E-state index contributed by atoms with van der Waals surface area (Å²) in [6, 6.07) is 4.71. The van der Waals surface area contributed by atoms with Gasteiger partial charge >= 0.3 is 0 Å². The van der Waals surface area contributed by atoms with Crippen LogP contribution in [0.3, 0.4) is 0 Å². The van der Waals surface area contributed by atoms with Gasteiger partial charge < -0.3 is 9.84 Å². The van der Waals surface area contributed by atoms with E-state index in [-0.39, 0.29) is 16.5 Å². The van der Waals surface area contributed by atoms with Crippen LogP contribution in [0.15, 0.2) is 23.0 Å². The van der Waals surface area contributed by atoms with Crippen molar-refractivity contribution in [2.45, 2.75) is 13.3 Å². The summed E-state index contributed by atoms with van der Waals surface area (Å²) < 4.78 is 7.39. The summed E-state index contributed by atoms with van der Waals surface area (Å²) in [5, 5.41) is 21.6. The number of methoxy groups -OCH3 is 1. The third-order valence-electron chi connectivity index (χ3n) is 3.43. The number of benzene rings is 1. The molecule has 124 valence electrons. The third-order valence-corrected chi connectivity index (χ3v) is 4.36. The molecule has 0 saturated carbocycles. The molecule has 0 saturated heterocycles. The Morgan fingerprint density at radius 2 is 2.29 bits per heavy atom. The highest BCUT2D eigenvalue weighted by molar-refractivity contribution is 7.11. The van der Waals surface area contributed by atoms with Crippen molar-refractivity contribution in [3.8, 4) is 16.6 Å². The largest absolute Gasteiger partial charge is 0.504 e. The number of nitrogens with one attached hydrogen (secondary N) is 2. The van der Waals surface area contributed by atoms with Crippen molar-refractivity contribution in [3.63, 3.8) is 0 Å². The van der Waals surface area contributed by atoms with E-state index in [2.05, 4.69) is 10.1 Å². The monoisotopic (exact) mass is 344 g/mol. The van der Waals surface area contributed by atoms with Crippen LogP contribution in [-0.4, -0.2) is 27.0 Å². The van der Waals surface area contributed by atoms with E-state index >= 15 is 0 Å². The van der Waals surface area contributed by atoms with Crippen molar-refractivity contribution >= 4 is 23.5 Å². The van der Waals surface area contributed by atoms with Crippen molar-refractivity contribution in [2.75, 3.05) is 7.11 Å². The number of hydrogen-bond donors (Lipinski definition) is 3. The highest BCUT2D eigenvalue weighted by Crippen LogP contribution is 2.26. The van der Waals surface area contributed by atoms with Gasteiger partial charge in [0.15, 0.2) is 17.0 Å². The first kappa shape index (κ1) is 16.0. The zero-order valence-electron chi connectivity index (χ0n) is 13.2. The lowest BCUT2D eigenvalue weighted by molar-refractivity contribution is 0.373. The van der Waals surface area contributed by atoms with E-state index in [1.54, 1.807) is 18.2 Å². The summed E-state index contributed by atoms with van der Waals surface area (Å²) >= 11 is 1.33. The SMILES string of the molecule is CCC=c1[nH]n2c(=N)c(=Cc3ccc(O)c(OC)c3)c(=O)nc-2s1. The van der Waals surface area contributed by atoms with Crippen molar-refractivity contribution in [3.05, 3.63) is 49.5 Å². The van der Waals surface area contributed by atoms with Crippen LogP contribution in [0.25, 0.3) is 17.3 Å². The van der Waals surface area contributed by atoms with Gasteiger partial charge in [0.25, 0.3) is 5.56 Å². The minimum Gasteiger partial charge on any atom is -0.504 e. The van der Waals surface area contributed by atoms with Crippen LogP contribution in [0.2, 0.25) is 0 Å². The highest BCUT2D eigenvalue weighted by Gasteiger charge is 2.10. The fourth-order valence-electron chi connectivity index (χ4n) is 2.27. The van der Waals surface area contributed by atoms with Crippen LogP contribution in [0.4, 0.5) is 0 Å². The molecule has 3 rings (SSSR count). The molecule has 8 heteroatoms. The Morgan fingerprint density at radius 1 is 1.50 bits per heavy atom. The number of nitrogens with zero attached hydrogens (tertiary/aromatic N) is 2. The molecule has 1 aromatic rings. The van der Waals surface area contributed by atoms with Crippen molar-refractivity contribution in [1.82, 2.24) is 14.8 Å². The molecular formula is C16H16N4O3S. The van der Waals surface area contributed by atoms with Gasteiger partial charge in [-0.05, 0) is 36.3 Å². The van der Waals surface area contributed by atoms with Crippen LogP contribution < -0.4 is 25.7 Å². The number of aromatic nitrogens is 3. The summed E-state index contributed by atoms with van der Waals surface area (Å²) in [5.41, 5.74) is 0.196. The van der Waals surface area contributed by atoms with E-state index in [0.717, 1.165) is 11.1 Å². The molecule has 2 aliphatic rings. The minimum absolute atomic E-state index is 0.0111. The standard InChI is InChI=1S/C16H16N4O3S/c1-3-4-13-19-20-14(17)10(15(22)18-16(20)24-13)7-9-5-6-11(21)12(8-9)23-2/h4-8,17,19,21H,3H2,1-2H3. The second kappa shape index (κ2) is 6.32. The molecule has 0 radical (unpaired) electrons. The maximum atomic E-state index is 12.3. The van der Waals surface area contributed by atoms with Crippen LogP contribution in [0.5, 0.6) is 11.5 Å². The Kier molecular flexibility index (Phi) is 4.22. The minimum atomic E-state index is -0.467. The van der Waals surface area contributed by atoms with E-state index in [0.29, 0.717) is 16.4 Å². The first-order valence-corrected chi connectivity index (χ1v) is 8.10. The zero-order chi connectivity index (χ0) is 17.3. The molecule has 1 aromatic carbocycles. The summed E-state index contributed by atoms with van der Waals surface area (Å²) in [4.78, 5) is 16.3. The number of fused-ring (bicyclic) bond motifs is 1. The predicted molar refractivity (Wildman–Crippen MR) is 91.3 cm³/mol. The average molecular weight is 344 g/mol.